The van der Waals surface area contributed by atoms with Gasteiger partial charge in [-0.25, -0.2) is 0 Å². The van der Waals surface area contributed by atoms with Crippen LogP contribution >= 0.6 is 27.3 Å². The third-order valence-electron chi connectivity index (χ3n) is 3.13. The summed E-state index contributed by atoms with van der Waals surface area (Å²) in [6.45, 7) is 4.76. The van der Waals surface area contributed by atoms with Crippen molar-refractivity contribution in [2.45, 2.75) is 25.7 Å². The molecule has 0 aromatic carbocycles. The van der Waals surface area contributed by atoms with Crippen LogP contribution in [0.3, 0.4) is 0 Å². The summed E-state index contributed by atoms with van der Waals surface area (Å²) < 4.78 is 1.23. The second-order valence-electron chi connectivity index (χ2n) is 4.04. The van der Waals surface area contributed by atoms with Crippen LogP contribution in [0.2, 0.25) is 0 Å². The third-order valence-corrected chi connectivity index (χ3v) is 5.02. The Hall–Kier alpha value is 0.140. The molecule has 0 aliphatic carbocycles. The van der Waals surface area contributed by atoms with E-state index in [4.69, 9.17) is 0 Å². The van der Waals surface area contributed by atoms with Gasteiger partial charge in [-0.2, -0.15) is 0 Å². The summed E-state index contributed by atoms with van der Waals surface area (Å²) in [6.07, 6.45) is 2.66. The van der Waals surface area contributed by atoms with E-state index in [-0.39, 0.29) is 0 Å². The highest BCUT2D eigenvalue weighted by molar-refractivity contribution is 9.10. The van der Waals surface area contributed by atoms with Crippen molar-refractivity contribution < 1.29 is 0 Å². The SMILES string of the molecule is CC(c1cc(Br)cs1)C1CCNCC1. The summed E-state index contributed by atoms with van der Waals surface area (Å²) in [5, 5.41) is 5.61. The van der Waals surface area contributed by atoms with Crippen molar-refractivity contribution in [3.05, 3.63) is 20.8 Å². The number of hydrogen-bond acceptors (Lipinski definition) is 2. The van der Waals surface area contributed by atoms with Crippen LogP contribution in [0, 0.1) is 5.92 Å². The molecule has 0 amide bonds. The fraction of sp³-hybridized carbons (Fsp3) is 0.636. The molecule has 2 heterocycles. The first-order valence-electron chi connectivity index (χ1n) is 5.22. The number of halogens is 1. The number of nitrogens with one attached hydrogen (secondary N) is 1. The van der Waals surface area contributed by atoms with Crippen LogP contribution in [0.5, 0.6) is 0 Å². The highest BCUT2D eigenvalue weighted by atomic mass is 79.9. The highest BCUT2D eigenvalue weighted by Crippen LogP contribution is 2.35. The molecule has 1 atom stereocenters. The van der Waals surface area contributed by atoms with Crippen molar-refractivity contribution in [2.24, 2.45) is 5.92 Å². The standard InChI is InChI=1S/C11H16BrNS/c1-8(9-2-4-13-5-3-9)11-6-10(12)7-14-11/h6-9,13H,2-5H2,1H3. The Morgan fingerprint density at radius 3 is 2.79 bits per heavy atom. The van der Waals surface area contributed by atoms with Gasteiger partial charge in [0.1, 0.15) is 0 Å². The van der Waals surface area contributed by atoms with Gasteiger partial charge in [0.05, 0.1) is 0 Å². The Kier molecular flexibility index (Phi) is 3.63. The zero-order valence-corrected chi connectivity index (χ0v) is 10.8. The minimum Gasteiger partial charge on any atom is -0.317 e. The van der Waals surface area contributed by atoms with Gasteiger partial charge in [0, 0.05) is 14.7 Å². The molecule has 78 valence electrons. The van der Waals surface area contributed by atoms with E-state index in [1.165, 1.54) is 35.3 Å². The summed E-state index contributed by atoms with van der Waals surface area (Å²) in [5.74, 6) is 1.61. The second kappa shape index (κ2) is 4.77. The molecule has 1 N–H and O–H groups in total. The lowest BCUT2D eigenvalue weighted by Crippen LogP contribution is -2.29. The molecule has 2 rings (SSSR count). The van der Waals surface area contributed by atoms with E-state index in [1.807, 2.05) is 11.3 Å². The maximum atomic E-state index is 3.52. The lowest BCUT2D eigenvalue weighted by molar-refractivity contribution is 0.333. The summed E-state index contributed by atoms with van der Waals surface area (Å²) in [7, 11) is 0. The molecule has 14 heavy (non-hydrogen) atoms. The Labute approximate surface area is 98.0 Å². The second-order valence-corrected chi connectivity index (χ2v) is 5.90. The van der Waals surface area contributed by atoms with Gasteiger partial charge in [0.2, 0.25) is 0 Å². The summed E-state index contributed by atoms with van der Waals surface area (Å²) >= 11 is 5.41. The summed E-state index contributed by atoms with van der Waals surface area (Å²) in [4.78, 5) is 1.53. The molecular formula is C11H16BrNS. The lowest BCUT2D eigenvalue weighted by Gasteiger charge is -2.27. The zero-order valence-electron chi connectivity index (χ0n) is 8.42. The molecule has 3 heteroatoms. The average molecular weight is 274 g/mol. The maximum absolute atomic E-state index is 3.52. The fourth-order valence-electron chi connectivity index (χ4n) is 2.14. The predicted molar refractivity (Wildman–Crippen MR) is 66.0 cm³/mol. The molecule has 1 unspecified atom stereocenters. The lowest BCUT2D eigenvalue weighted by atomic mass is 9.85. The van der Waals surface area contributed by atoms with Crippen LogP contribution in [0.15, 0.2) is 15.9 Å². The quantitative estimate of drug-likeness (QED) is 0.868. The molecule has 1 aliphatic rings. The molecule has 1 aromatic rings. The molecule has 0 radical (unpaired) electrons. The van der Waals surface area contributed by atoms with Crippen LogP contribution in [0.25, 0.3) is 0 Å². The van der Waals surface area contributed by atoms with Crippen molar-refractivity contribution in [3.63, 3.8) is 0 Å². The molecule has 0 bridgehead atoms. The van der Waals surface area contributed by atoms with E-state index in [0.717, 1.165) is 11.8 Å². The van der Waals surface area contributed by atoms with Gasteiger partial charge in [0.15, 0.2) is 0 Å². The van der Waals surface area contributed by atoms with Gasteiger partial charge in [-0.15, -0.1) is 11.3 Å². The molecule has 0 saturated carbocycles. The number of piperidine rings is 1. The van der Waals surface area contributed by atoms with Crippen LogP contribution < -0.4 is 5.32 Å². The number of rotatable bonds is 2. The first-order chi connectivity index (χ1) is 6.77. The fourth-order valence-corrected chi connectivity index (χ4v) is 3.74. The minimum atomic E-state index is 0.730. The molecule has 1 nitrogen and oxygen atoms in total. The van der Waals surface area contributed by atoms with Gasteiger partial charge in [0.25, 0.3) is 0 Å². The van der Waals surface area contributed by atoms with Crippen LogP contribution in [-0.4, -0.2) is 13.1 Å². The van der Waals surface area contributed by atoms with Crippen molar-refractivity contribution in [1.29, 1.82) is 0 Å². The van der Waals surface area contributed by atoms with Crippen LogP contribution in [0.4, 0.5) is 0 Å². The average Bonchev–Trinajstić information content (AvgIpc) is 2.65. The topological polar surface area (TPSA) is 12.0 Å². The molecular weight excluding hydrogens is 258 g/mol. The van der Waals surface area contributed by atoms with Crippen molar-refractivity contribution in [1.82, 2.24) is 5.32 Å². The summed E-state index contributed by atoms with van der Waals surface area (Å²) in [5.41, 5.74) is 0. The van der Waals surface area contributed by atoms with Gasteiger partial charge in [-0.3, -0.25) is 0 Å². The largest absolute Gasteiger partial charge is 0.317 e. The number of thiophene rings is 1. The number of hydrogen-bond donors (Lipinski definition) is 1. The van der Waals surface area contributed by atoms with Gasteiger partial charge < -0.3 is 5.32 Å². The highest BCUT2D eigenvalue weighted by Gasteiger charge is 2.21. The molecule has 0 spiro atoms. The smallest absolute Gasteiger partial charge is 0.0285 e. The zero-order chi connectivity index (χ0) is 9.97. The minimum absolute atomic E-state index is 0.730. The van der Waals surface area contributed by atoms with Gasteiger partial charge >= 0.3 is 0 Å². The van der Waals surface area contributed by atoms with Crippen LogP contribution in [-0.2, 0) is 0 Å². The van der Waals surface area contributed by atoms with Gasteiger partial charge in [-0.1, -0.05) is 6.92 Å². The van der Waals surface area contributed by atoms with Gasteiger partial charge in [-0.05, 0) is 59.8 Å². The first kappa shape index (κ1) is 10.7. The molecule has 1 saturated heterocycles. The van der Waals surface area contributed by atoms with Crippen molar-refractivity contribution >= 4 is 27.3 Å². The monoisotopic (exact) mass is 273 g/mol. The maximum Gasteiger partial charge on any atom is 0.0285 e. The molecule has 1 aromatic heterocycles. The van der Waals surface area contributed by atoms with E-state index >= 15 is 0 Å². The predicted octanol–water partition coefficient (Wildman–Crippen LogP) is 3.61. The van der Waals surface area contributed by atoms with E-state index in [0.29, 0.717) is 0 Å². The first-order valence-corrected chi connectivity index (χ1v) is 6.89. The third kappa shape index (κ3) is 2.38. The molecule has 1 fully saturated rings. The Morgan fingerprint density at radius 1 is 1.50 bits per heavy atom. The molecule has 1 aliphatic heterocycles. The van der Waals surface area contributed by atoms with E-state index in [1.54, 1.807) is 0 Å². The van der Waals surface area contributed by atoms with E-state index in [2.05, 4.69) is 39.6 Å². The van der Waals surface area contributed by atoms with Crippen molar-refractivity contribution in [2.75, 3.05) is 13.1 Å². The van der Waals surface area contributed by atoms with E-state index < -0.39 is 0 Å². The summed E-state index contributed by atoms with van der Waals surface area (Å²) in [6, 6.07) is 2.28. The normalized spacial score (nSPS) is 21.0. The Bertz CT molecular complexity index is 291. The van der Waals surface area contributed by atoms with Crippen molar-refractivity contribution in [3.8, 4) is 0 Å². The van der Waals surface area contributed by atoms with Crippen LogP contribution in [0.1, 0.15) is 30.6 Å². The van der Waals surface area contributed by atoms with E-state index in [9.17, 15) is 0 Å². The Balaban J connectivity index is 2.03. The Morgan fingerprint density at radius 2 is 2.21 bits per heavy atom.